The summed E-state index contributed by atoms with van der Waals surface area (Å²) in [5.41, 5.74) is 1.25. The van der Waals surface area contributed by atoms with Crippen LogP contribution in [0, 0.1) is 6.92 Å². The fourth-order valence-corrected chi connectivity index (χ4v) is 2.61. The molecule has 0 unspecified atom stereocenters. The Balaban J connectivity index is 2.19. The minimum absolute atomic E-state index is 0.382. The average Bonchev–Trinajstić information content (AvgIpc) is 2.32. The summed E-state index contributed by atoms with van der Waals surface area (Å²) in [6, 6.07) is 8.33. The molecule has 94 valence electrons. The molecule has 0 bridgehead atoms. The summed E-state index contributed by atoms with van der Waals surface area (Å²) in [7, 11) is 0. The van der Waals surface area contributed by atoms with Gasteiger partial charge in [-0.05, 0) is 25.5 Å². The first-order valence-corrected chi connectivity index (χ1v) is 7.42. The number of hydrogen-bond acceptors (Lipinski definition) is 2. The van der Waals surface area contributed by atoms with E-state index >= 15 is 0 Å². The first-order chi connectivity index (χ1) is 8.22. The maximum atomic E-state index is 11.6. The molecule has 0 saturated heterocycles. The quantitative estimate of drug-likeness (QED) is 0.494. The molecule has 0 aliphatic heterocycles. The Hall–Kier alpha value is -0.760. The third-order valence-electron chi connectivity index (χ3n) is 2.70. The first kappa shape index (κ1) is 14.3. The van der Waals surface area contributed by atoms with E-state index in [-0.39, 0.29) is 0 Å². The van der Waals surface area contributed by atoms with E-state index in [1.165, 1.54) is 29.7 Å². The van der Waals surface area contributed by atoms with Crippen molar-refractivity contribution in [2.45, 2.75) is 50.8 Å². The molecule has 0 aliphatic rings. The summed E-state index contributed by atoms with van der Waals surface area (Å²) in [5.74, 6) is 1.00. The molecule has 2 heteroatoms. The molecule has 1 aromatic carbocycles. The van der Waals surface area contributed by atoms with Crippen LogP contribution in [0.25, 0.3) is 0 Å². The van der Waals surface area contributed by atoms with E-state index < -0.39 is 0 Å². The zero-order valence-electron chi connectivity index (χ0n) is 10.9. The number of rotatable bonds is 8. The summed E-state index contributed by atoms with van der Waals surface area (Å²) in [5, 5.41) is 0. The zero-order chi connectivity index (χ0) is 12.5. The van der Waals surface area contributed by atoms with Crippen LogP contribution < -0.4 is 0 Å². The number of benzene rings is 1. The fourth-order valence-electron chi connectivity index (χ4n) is 1.69. The van der Waals surface area contributed by atoms with Crippen LogP contribution in [0.1, 0.15) is 44.6 Å². The Kier molecular flexibility index (Phi) is 7.02. The average molecular weight is 250 g/mol. The lowest BCUT2D eigenvalue weighted by Gasteiger charge is -2.02. The lowest BCUT2D eigenvalue weighted by Crippen LogP contribution is -2.00. The third-order valence-corrected chi connectivity index (χ3v) is 3.75. The summed E-state index contributed by atoms with van der Waals surface area (Å²) in [6.45, 7) is 4.27. The van der Waals surface area contributed by atoms with Crippen molar-refractivity contribution in [3.05, 3.63) is 29.8 Å². The number of hydrogen-bond donors (Lipinski definition) is 0. The molecule has 17 heavy (non-hydrogen) atoms. The molecule has 0 amide bonds. The fraction of sp³-hybridized carbons (Fsp3) is 0.533. The van der Waals surface area contributed by atoms with E-state index in [9.17, 15) is 4.79 Å². The monoisotopic (exact) mass is 250 g/mol. The molecule has 0 heterocycles. The number of thioether (sulfide) groups is 1. The van der Waals surface area contributed by atoms with Gasteiger partial charge in [-0.25, -0.2) is 0 Å². The van der Waals surface area contributed by atoms with Gasteiger partial charge >= 0.3 is 0 Å². The van der Waals surface area contributed by atoms with Gasteiger partial charge in [-0.3, -0.25) is 4.79 Å². The van der Waals surface area contributed by atoms with Gasteiger partial charge in [0.15, 0.2) is 0 Å². The van der Waals surface area contributed by atoms with Gasteiger partial charge in [-0.1, -0.05) is 43.9 Å². The van der Waals surface area contributed by atoms with Crippen molar-refractivity contribution in [3.63, 3.8) is 0 Å². The van der Waals surface area contributed by atoms with Crippen LogP contribution in [0.3, 0.4) is 0 Å². The molecule has 1 nitrogen and oxygen atoms in total. The normalized spacial score (nSPS) is 10.5. The molecule has 0 spiro atoms. The van der Waals surface area contributed by atoms with Gasteiger partial charge in [0.05, 0.1) is 5.75 Å². The van der Waals surface area contributed by atoms with Crippen molar-refractivity contribution >= 4 is 17.5 Å². The summed E-state index contributed by atoms with van der Waals surface area (Å²) in [4.78, 5) is 12.8. The largest absolute Gasteiger partial charge is 0.299 e. The summed E-state index contributed by atoms with van der Waals surface area (Å²) >= 11 is 1.66. The van der Waals surface area contributed by atoms with Crippen LogP contribution in [0.5, 0.6) is 0 Å². The van der Waals surface area contributed by atoms with Crippen molar-refractivity contribution in [2.24, 2.45) is 0 Å². The smallest absolute Gasteiger partial charge is 0.143 e. The first-order valence-electron chi connectivity index (χ1n) is 6.43. The van der Waals surface area contributed by atoms with Gasteiger partial charge in [-0.15, -0.1) is 11.8 Å². The Morgan fingerprint density at radius 1 is 1.24 bits per heavy atom. The Bertz CT molecular complexity index is 347. The molecule has 0 aliphatic carbocycles. The maximum absolute atomic E-state index is 11.6. The topological polar surface area (TPSA) is 17.1 Å². The zero-order valence-corrected chi connectivity index (χ0v) is 11.7. The van der Waals surface area contributed by atoms with Crippen molar-refractivity contribution in [3.8, 4) is 0 Å². The van der Waals surface area contributed by atoms with Gasteiger partial charge < -0.3 is 0 Å². The lowest BCUT2D eigenvalue weighted by atomic mass is 10.1. The van der Waals surface area contributed by atoms with E-state index in [0.717, 1.165) is 12.8 Å². The number of unbranched alkanes of at least 4 members (excludes halogenated alkanes) is 3. The molecule has 1 rings (SSSR count). The number of Topliss-reactive ketones (excluding diaryl/α,β-unsaturated/α-hetero) is 1. The molecule has 0 atom stereocenters. The molecule has 0 saturated carbocycles. The second kappa shape index (κ2) is 8.35. The van der Waals surface area contributed by atoms with Crippen LogP contribution >= 0.6 is 11.8 Å². The second-order valence-corrected chi connectivity index (χ2v) is 5.50. The van der Waals surface area contributed by atoms with E-state index in [2.05, 4.69) is 32.0 Å². The Morgan fingerprint density at radius 2 is 2.06 bits per heavy atom. The van der Waals surface area contributed by atoms with Crippen molar-refractivity contribution in [1.29, 1.82) is 0 Å². The number of ketones is 1. The molecular formula is C15H22OS. The maximum Gasteiger partial charge on any atom is 0.143 e. The van der Waals surface area contributed by atoms with Crippen molar-refractivity contribution < 1.29 is 4.79 Å². The highest BCUT2D eigenvalue weighted by atomic mass is 32.2. The van der Waals surface area contributed by atoms with Crippen LogP contribution in [0.2, 0.25) is 0 Å². The highest BCUT2D eigenvalue weighted by Gasteiger charge is 2.03. The van der Waals surface area contributed by atoms with Crippen LogP contribution in [-0.4, -0.2) is 11.5 Å². The predicted octanol–water partition coefficient (Wildman–Crippen LogP) is 4.63. The molecule has 0 fully saturated rings. The Labute approximate surface area is 109 Å². The van der Waals surface area contributed by atoms with Crippen LogP contribution in [0.15, 0.2) is 29.2 Å². The van der Waals surface area contributed by atoms with Crippen LogP contribution in [0.4, 0.5) is 0 Å². The van der Waals surface area contributed by atoms with Crippen LogP contribution in [-0.2, 0) is 4.79 Å². The molecular weight excluding hydrogens is 228 g/mol. The number of carbonyl (C=O) groups is 1. The van der Waals surface area contributed by atoms with Gasteiger partial charge in [0.1, 0.15) is 5.78 Å². The lowest BCUT2D eigenvalue weighted by molar-refractivity contribution is -0.116. The summed E-state index contributed by atoms with van der Waals surface area (Å²) in [6.07, 6.45) is 5.47. The molecule has 0 aromatic heterocycles. The standard InChI is InChI=1S/C15H22OS/c1-3-4-5-6-9-14(16)12-17-15-10-7-8-13(2)11-15/h7-8,10-11H,3-6,9,12H2,1-2H3. The van der Waals surface area contributed by atoms with E-state index in [4.69, 9.17) is 0 Å². The Morgan fingerprint density at radius 3 is 2.76 bits per heavy atom. The van der Waals surface area contributed by atoms with E-state index in [1.54, 1.807) is 11.8 Å². The predicted molar refractivity (Wildman–Crippen MR) is 75.7 cm³/mol. The minimum Gasteiger partial charge on any atom is -0.299 e. The van der Waals surface area contributed by atoms with Gasteiger partial charge in [0.25, 0.3) is 0 Å². The highest BCUT2D eigenvalue weighted by Crippen LogP contribution is 2.19. The van der Waals surface area contributed by atoms with Crippen molar-refractivity contribution in [2.75, 3.05) is 5.75 Å². The third kappa shape index (κ3) is 6.52. The minimum atomic E-state index is 0.382. The summed E-state index contributed by atoms with van der Waals surface area (Å²) < 4.78 is 0. The molecule has 0 N–H and O–H groups in total. The van der Waals surface area contributed by atoms with E-state index in [0.29, 0.717) is 11.5 Å². The second-order valence-electron chi connectivity index (χ2n) is 4.45. The number of aryl methyl sites for hydroxylation is 1. The molecule has 1 aromatic rings. The van der Waals surface area contributed by atoms with Gasteiger partial charge in [-0.2, -0.15) is 0 Å². The van der Waals surface area contributed by atoms with Gasteiger partial charge in [0, 0.05) is 11.3 Å². The molecule has 0 radical (unpaired) electrons. The highest BCUT2D eigenvalue weighted by molar-refractivity contribution is 8.00. The van der Waals surface area contributed by atoms with Gasteiger partial charge in [0.2, 0.25) is 0 Å². The van der Waals surface area contributed by atoms with Crippen molar-refractivity contribution in [1.82, 2.24) is 0 Å². The SMILES string of the molecule is CCCCCCC(=O)CSc1cccc(C)c1. The number of carbonyl (C=O) groups excluding carboxylic acids is 1. The van der Waals surface area contributed by atoms with E-state index in [1.807, 2.05) is 6.07 Å².